The molecule has 1 amide bonds. The second-order valence-electron chi connectivity index (χ2n) is 7.90. The van der Waals surface area contributed by atoms with Crippen LogP contribution in [-0.2, 0) is 52.9 Å². The Labute approximate surface area is 211 Å². The van der Waals surface area contributed by atoms with E-state index < -0.39 is 101 Å². The fourth-order valence-electron chi connectivity index (χ4n) is 3.76. The molecule has 2 rings (SSSR count). The summed E-state index contributed by atoms with van der Waals surface area (Å²) in [5, 5.41) is 43.3. The van der Waals surface area contributed by atoms with Crippen LogP contribution in [-0.4, -0.2) is 140 Å². The predicted octanol–water partition coefficient (Wildman–Crippen LogP) is -5.62. The fraction of sp³-hybridized carbons (Fsp3) is 0.938. The molecule has 0 aliphatic carbocycles. The number of rotatable bonds is 12. The Hall–Kier alpha value is -1.15. The van der Waals surface area contributed by atoms with E-state index in [2.05, 4.69) is 13.7 Å². The van der Waals surface area contributed by atoms with Gasteiger partial charge in [-0.15, -0.1) is 0 Å². The monoisotopic (exact) mass is 586 g/mol. The SMILES string of the molecule is CC(=O)N[C@H]1[C@H](OCCN)O[C@H](CO)[C@@H](O[C@@H]2O[C@H](CO)[C@H](OS(=O)(=O)O)[C@H](OS(=O)(=O)O)[C@H]2O)[C@@H]1O. The minimum Gasteiger partial charge on any atom is -0.394 e. The van der Waals surface area contributed by atoms with Gasteiger partial charge in [-0.05, 0) is 0 Å². The third-order valence-corrected chi connectivity index (χ3v) is 6.11. The Morgan fingerprint density at radius 3 is 1.89 bits per heavy atom. The summed E-state index contributed by atoms with van der Waals surface area (Å²) in [6, 6.07) is -1.31. The molecule has 0 aromatic rings. The Morgan fingerprint density at radius 2 is 1.41 bits per heavy atom. The van der Waals surface area contributed by atoms with Crippen molar-refractivity contribution < 1.29 is 78.5 Å². The van der Waals surface area contributed by atoms with Crippen LogP contribution in [0.2, 0.25) is 0 Å². The Morgan fingerprint density at radius 1 is 0.892 bits per heavy atom. The molecule has 9 N–H and O–H groups in total. The summed E-state index contributed by atoms with van der Waals surface area (Å²) in [5.41, 5.74) is 5.39. The Balaban J connectivity index is 2.37. The molecular weight excluding hydrogens is 556 g/mol. The first kappa shape index (κ1) is 32.1. The van der Waals surface area contributed by atoms with Crippen LogP contribution < -0.4 is 11.1 Å². The first-order chi connectivity index (χ1) is 17.1. The number of carbonyl (C=O) groups excluding carboxylic acids is 1. The highest BCUT2D eigenvalue weighted by atomic mass is 32.3. The molecule has 2 aliphatic rings. The van der Waals surface area contributed by atoms with Crippen molar-refractivity contribution in [3.63, 3.8) is 0 Å². The highest BCUT2D eigenvalue weighted by Crippen LogP contribution is 2.32. The van der Waals surface area contributed by atoms with Crippen LogP contribution in [0, 0.1) is 0 Å². The van der Waals surface area contributed by atoms with Gasteiger partial charge >= 0.3 is 20.8 Å². The largest absolute Gasteiger partial charge is 0.397 e. The summed E-state index contributed by atoms with van der Waals surface area (Å²) in [6.45, 7) is -0.840. The zero-order chi connectivity index (χ0) is 28.1. The number of carbonyl (C=O) groups is 1. The molecule has 37 heavy (non-hydrogen) atoms. The van der Waals surface area contributed by atoms with E-state index in [1.54, 1.807) is 0 Å². The second kappa shape index (κ2) is 13.3. The van der Waals surface area contributed by atoms with Crippen LogP contribution in [0.5, 0.6) is 0 Å². The third-order valence-electron chi connectivity index (χ3n) is 5.17. The van der Waals surface area contributed by atoms with Crippen molar-refractivity contribution in [1.82, 2.24) is 5.32 Å². The van der Waals surface area contributed by atoms with E-state index in [1.165, 1.54) is 0 Å². The van der Waals surface area contributed by atoms with E-state index in [4.69, 9.17) is 33.8 Å². The highest BCUT2D eigenvalue weighted by Gasteiger charge is 2.54. The third kappa shape index (κ3) is 8.94. The van der Waals surface area contributed by atoms with Gasteiger partial charge in [0.05, 0.1) is 19.8 Å². The van der Waals surface area contributed by atoms with E-state index >= 15 is 0 Å². The lowest BCUT2D eigenvalue weighted by molar-refractivity contribution is -0.344. The van der Waals surface area contributed by atoms with E-state index in [9.17, 15) is 42.1 Å². The van der Waals surface area contributed by atoms with Gasteiger partial charge in [0.25, 0.3) is 0 Å². The van der Waals surface area contributed by atoms with Gasteiger partial charge in [0.2, 0.25) is 5.91 Å². The van der Waals surface area contributed by atoms with Crippen LogP contribution in [0.1, 0.15) is 6.92 Å². The number of hydrogen-bond donors (Lipinski definition) is 8. The zero-order valence-corrected chi connectivity index (χ0v) is 20.8. The highest BCUT2D eigenvalue weighted by molar-refractivity contribution is 7.81. The average Bonchev–Trinajstić information content (AvgIpc) is 2.77. The molecule has 2 saturated heterocycles. The summed E-state index contributed by atoms with van der Waals surface area (Å²) >= 11 is 0. The summed E-state index contributed by atoms with van der Waals surface area (Å²) in [5.74, 6) is -0.628. The first-order valence-corrected chi connectivity index (χ1v) is 13.3. The molecule has 2 fully saturated rings. The van der Waals surface area contributed by atoms with Gasteiger partial charge in [-0.2, -0.15) is 16.8 Å². The molecule has 0 unspecified atom stereocenters. The zero-order valence-electron chi connectivity index (χ0n) is 19.2. The van der Waals surface area contributed by atoms with Crippen molar-refractivity contribution in [3.05, 3.63) is 0 Å². The molecule has 21 heteroatoms. The minimum atomic E-state index is -5.40. The molecule has 0 bridgehead atoms. The van der Waals surface area contributed by atoms with Crippen molar-refractivity contribution in [2.45, 2.75) is 68.3 Å². The molecular formula is C16H30N2O17S2. The summed E-state index contributed by atoms with van der Waals surface area (Å²) in [7, 11) is -10.7. The molecule has 19 nitrogen and oxygen atoms in total. The molecule has 10 atom stereocenters. The van der Waals surface area contributed by atoms with Crippen molar-refractivity contribution in [2.24, 2.45) is 5.73 Å². The van der Waals surface area contributed by atoms with E-state index in [-0.39, 0.29) is 13.2 Å². The van der Waals surface area contributed by atoms with E-state index in [0.29, 0.717) is 0 Å². The van der Waals surface area contributed by atoms with Crippen molar-refractivity contribution in [1.29, 1.82) is 0 Å². The Bertz CT molecular complexity index is 964. The molecule has 0 saturated carbocycles. The summed E-state index contributed by atoms with van der Waals surface area (Å²) in [6.07, 6.45) is -16.9. The molecule has 218 valence electrons. The van der Waals surface area contributed by atoms with E-state index in [0.717, 1.165) is 6.92 Å². The lowest BCUT2D eigenvalue weighted by atomic mass is 9.95. The number of amides is 1. The van der Waals surface area contributed by atoms with Gasteiger partial charge in [0.15, 0.2) is 12.6 Å². The molecule has 0 aromatic heterocycles. The normalized spacial score (nSPS) is 37.3. The average molecular weight is 587 g/mol. The molecule has 0 aromatic carbocycles. The number of aliphatic hydroxyl groups excluding tert-OH is 4. The lowest BCUT2D eigenvalue weighted by Crippen LogP contribution is -2.68. The maximum absolute atomic E-state index is 11.7. The van der Waals surface area contributed by atoms with Gasteiger partial charge in [0, 0.05) is 13.5 Å². The second-order valence-corrected chi connectivity index (χ2v) is 9.99. The summed E-state index contributed by atoms with van der Waals surface area (Å²) in [4.78, 5) is 11.7. The predicted molar refractivity (Wildman–Crippen MR) is 114 cm³/mol. The number of nitrogens with two attached hydrogens (primary N) is 1. The van der Waals surface area contributed by atoms with Crippen LogP contribution in [0.25, 0.3) is 0 Å². The number of nitrogens with one attached hydrogen (secondary N) is 1. The smallest absolute Gasteiger partial charge is 0.394 e. The fourth-order valence-corrected chi connectivity index (χ4v) is 4.78. The number of hydrogen-bond acceptors (Lipinski definition) is 16. The van der Waals surface area contributed by atoms with Crippen LogP contribution in [0.3, 0.4) is 0 Å². The van der Waals surface area contributed by atoms with Gasteiger partial charge in [-0.1, -0.05) is 0 Å². The molecule has 2 heterocycles. The van der Waals surface area contributed by atoms with Gasteiger partial charge < -0.3 is 50.4 Å². The topological polar surface area (TPSA) is 300 Å². The van der Waals surface area contributed by atoms with Crippen LogP contribution >= 0.6 is 0 Å². The maximum atomic E-state index is 11.7. The van der Waals surface area contributed by atoms with Crippen molar-refractivity contribution in [2.75, 3.05) is 26.4 Å². The molecule has 0 radical (unpaired) electrons. The number of aliphatic hydroxyl groups is 4. The van der Waals surface area contributed by atoms with Gasteiger partial charge in [0.1, 0.15) is 48.8 Å². The summed E-state index contributed by atoms with van der Waals surface area (Å²) < 4.78 is 93.4. The standard InChI is InChI=1S/C16H30N2O17S2/c1-6(21)18-9-10(22)12(7(4-19)31-15(9)30-3-2-17)33-16-11(23)14(35-37(27,28)29)13(8(5-20)32-16)34-36(24,25)26/h7-16,19-20,22-23H,2-5,17H2,1H3,(H,18,21)(H,24,25,26)(H,27,28,29)/t7-,8-,9-,10-,11-,12-,13+,14-,15-,16+/m1/s1. The van der Waals surface area contributed by atoms with Gasteiger partial charge in [-0.25, -0.2) is 8.37 Å². The van der Waals surface area contributed by atoms with Crippen LogP contribution in [0.15, 0.2) is 0 Å². The van der Waals surface area contributed by atoms with Crippen molar-refractivity contribution in [3.8, 4) is 0 Å². The molecule has 0 spiro atoms. The quantitative estimate of drug-likeness (QED) is 0.0988. The van der Waals surface area contributed by atoms with E-state index in [1.807, 2.05) is 0 Å². The first-order valence-electron chi connectivity index (χ1n) is 10.6. The van der Waals surface area contributed by atoms with Gasteiger partial charge in [-0.3, -0.25) is 13.9 Å². The van der Waals surface area contributed by atoms with Crippen molar-refractivity contribution >= 4 is 26.7 Å². The Kier molecular flexibility index (Phi) is 11.5. The van der Waals surface area contributed by atoms with Crippen LogP contribution in [0.4, 0.5) is 0 Å². The minimum absolute atomic E-state index is 0.0407. The maximum Gasteiger partial charge on any atom is 0.397 e. The lowest BCUT2D eigenvalue weighted by Gasteiger charge is -2.47. The molecule has 2 aliphatic heterocycles. The number of ether oxygens (including phenoxy) is 4.